The van der Waals surface area contributed by atoms with Crippen LogP contribution in [-0.2, 0) is 14.1 Å². The quantitative estimate of drug-likeness (QED) is 0.237. The molecule has 11 nitrogen and oxygen atoms in total. The standard InChI is InChI=1S/C30H35N4O7P/c1-2-3-18-41-30(37)34-16-14-33(15-17-34)29(36)27(21-42(38,39)40)32-28(35)26-20-24(22-10-6-4-7-11-22)19-25(31-26)23-12-8-5-9-13-23/h4-13,19-20,27H,2-3,14-18,21H2,1H3,(H,32,35)(H2,38,39,40)/t27-/m0/s1. The molecule has 2 heterocycles. The van der Waals surface area contributed by atoms with Crippen molar-refractivity contribution in [3.63, 3.8) is 0 Å². The van der Waals surface area contributed by atoms with E-state index >= 15 is 0 Å². The maximum Gasteiger partial charge on any atom is 0.409 e. The zero-order valence-electron chi connectivity index (χ0n) is 23.4. The number of amides is 3. The molecule has 0 unspecified atom stereocenters. The molecule has 1 fully saturated rings. The normalized spacial score (nSPS) is 14.3. The van der Waals surface area contributed by atoms with Crippen molar-refractivity contribution in [1.29, 1.82) is 0 Å². The lowest BCUT2D eigenvalue weighted by molar-refractivity contribution is -0.134. The van der Waals surface area contributed by atoms with Gasteiger partial charge in [-0.2, -0.15) is 0 Å². The van der Waals surface area contributed by atoms with Crippen LogP contribution in [0.15, 0.2) is 72.8 Å². The van der Waals surface area contributed by atoms with E-state index in [9.17, 15) is 28.7 Å². The van der Waals surface area contributed by atoms with Crippen molar-refractivity contribution in [3.8, 4) is 22.4 Å². The minimum absolute atomic E-state index is 0.00152. The summed E-state index contributed by atoms with van der Waals surface area (Å²) in [4.78, 5) is 66.0. The number of carbonyl (C=O) groups is 3. The van der Waals surface area contributed by atoms with Crippen LogP contribution in [-0.4, -0.2) is 87.5 Å². The summed E-state index contributed by atoms with van der Waals surface area (Å²) in [6.45, 7) is 2.98. The lowest BCUT2D eigenvalue weighted by Crippen LogP contribution is -2.56. The number of nitrogens with one attached hydrogen (secondary N) is 1. The second-order valence-corrected chi connectivity index (χ2v) is 11.7. The fraction of sp³-hybridized carbons (Fsp3) is 0.333. The van der Waals surface area contributed by atoms with E-state index < -0.39 is 37.7 Å². The van der Waals surface area contributed by atoms with E-state index in [0.717, 1.165) is 29.5 Å². The molecule has 1 saturated heterocycles. The van der Waals surface area contributed by atoms with E-state index in [-0.39, 0.29) is 31.9 Å². The molecule has 1 aliphatic rings. The maximum atomic E-state index is 13.5. The molecule has 0 spiro atoms. The molecule has 3 aromatic rings. The van der Waals surface area contributed by atoms with Gasteiger partial charge in [0.2, 0.25) is 5.91 Å². The van der Waals surface area contributed by atoms with Crippen molar-refractivity contribution in [2.75, 3.05) is 38.9 Å². The van der Waals surface area contributed by atoms with Gasteiger partial charge >= 0.3 is 13.7 Å². The number of unbranched alkanes of at least 4 members (excludes halogenated alkanes) is 1. The lowest BCUT2D eigenvalue weighted by Gasteiger charge is -2.36. The molecular weight excluding hydrogens is 559 g/mol. The summed E-state index contributed by atoms with van der Waals surface area (Å²) >= 11 is 0. The Labute approximate surface area is 244 Å². The predicted octanol–water partition coefficient (Wildman–Crippen LogP) is 3.77. The molecule has 3 N–H and O–H groups in total. The minimum Gasteiger partial charge on any atom is -0.449 e. The number of hydrogen-bond donors (Lipinski definition) is 3. The second kappa shape index (κ2) is 14.2. The largest absolute Gasteiger partial charge is 0.449 e. The van der Waals surface area contributed by atoms with Gasteiger partial charge in [-0.1, -0.05) is 74.0 Å². The van der Waals surface area contributed by atoms with Gasteiger partial charge in [0.15, 0.2) is 0 Å². The van der Waals surface area contributed by atoms with Crippen LogP contribution in [0.25, 0.3) is 22.4 Å². The highest BCUT2D eigenvalue weighted by molar-refractivity contribution is 7.51. The molecular formula is C30H35N4O7P. The number of pyridine rings is 1. The van der Waals surface area contributed by atoms with Crippen LogP contribution >= 0.6 is 7.60 Å². The van der Waals surface area contributed by atoms with Crippen LogP contribution in [0.4, 0.5) is 4.79 Å². The molecule has 42 heavy (non-hydrogen) atoms. The zero-order valence-corrected chi connectivity index (χ0v) is 24.3. The summed E-state index contributed by atoms with van der Waals surface area (Å²) < 4.78 is 17.2. The van der Waals surface area contributed by atoms with Gasteiger partial charge in [0.05, 0.1) is 18.5 Å². The van der Waals surface area contributed by atoms with Crippen LogP contribution in [0, 0.1) is 0 Å². The zero-order chi connectivity index (χ0) is 30.1. The van der Waals surface area contributed by atoms with Gasteiger partial charge in [-0.15, -0.1) is 0 Å². The molecule has 2 aromatic carbocycles. The van der Waals surface area contributed by atoms with Crippen molar-refractivity contribution in [3.05, 3.63) is 78.5 Å². The van der Waals surface area contributed by atoms with Crippen molar-refractivity contribution < 1.29 is 33.5 Å². The number of hydrogen-bond acceptors (Lipinski definition) is 6. The van der Waals surface area contributed by atoms with Gasteiger partial charge in [-0.25, -0.2) is 9.78 Å². The van der Waals surface area contributed by atoms with E-state index in [1.807, 2.05) is 73.7 Å². The van der Waals surface area contributed by atoms with E-state index in [1.165, 1.54) is 9.80 Å². The summed E-state index contributed by atoms with van der Waals surface area (Å²) in [6, 6.07) is 20.6. The molecule has 222 valence electrons. The highest BCUT2D eigenvalue weighted by Crippen LogP contribution is 2.35. The fourth-order valence-corrected chi connectivity index (χ4v) is 5.30. The van der Waals surface area contributed by atoms with Crippen LogP contribution in [0.3, 0.4) is 0 Å². The number of piperazine rings is 1. The molecule has 3 amide bonds. The van der Waals surface area contributed by atoms with E-state index in [4.69, 9.17) is 4.74 Å². The van der Waals surface area contributed by atoms with Gasteiger partial charge in [0, 0.05) is 31.7 Å². The Morgan fingerprint density at radius 2 is 1.50 bits per heavy atom. The summed E-state index contributed by atoms with van der Waals surface area (Å²) in [7, 11) is -4.70. The first-order valence-electron chi connectivity index (χ1n) is 13.8. The monoisotopic (exact) mass is 594 g/mol. The molecule has 1 aromatic heterocycles. The summed E-state index contributed by atoms with van der Waals surface area (Å²) in [5, 5.41) is 2.52. The Morgan fingerprint density at radius 3 is 2.10 bits per heavy atom. The SMILES string of the molecule is CCCCOC(=O)N1CCN(C(=O)[C@H](CP(=O)(O)O)NC(=O)c2cc(-c3ccccc3)cc(-c3ccccc3)n2)CC1. The third kappa shape index (κ3) is 8.48. The molecule has 12 heteroatoms. The summed E-state index contributed by atoms with van der Waals surface area (Å²) in [5.41, 5.74) is 2.87. The summed E-state index contributed by atoms with van der Waals surface area (Å²) in [5.74, 6) is -1.39. The second-order valence-electron chi connectivity index (χ2n) is 10.0. The van der Waals surface area contributed by atoms with Crippen LogP contribution in [0.5, 0.6) is 0 Å². The Bertz CT molecular complexity index is 1370. The van der Waals surface area contributed by atoms with Gasteiger partial charge in [-0.3, -0.25) is 14.2 Å². The first-order chi connectivity index (χ1) is 20.1. The molecule has 0 bridgehead atoms. The van der Waals surface area contributed by atoms with E-state index in [0.29, 0.717) is 12.3 Å². The Morgan fingerprint density at radius 1 is 0.905 bits per heavy atom. The topological polar surface area (TPSA) is 149 Å². The van der Waals surface area contributed by atoms with Crippen molar-refractivity contribution >= 4 is 25.5 Å². The Kier molecular flexibility index (Phi) is 10.5. The average molecular weight is 595 g/mol. The molecule has 0 saturated carbocycles. The molecule has 4 rings (SSSR count). The van der Waals surface area contributed by atoms with Gasteiger partial charge in [0.1, 0.15) is 11.7 Å². The molecule has 0 aliphatic carbocycles. The number of rotatable bonds is 10. The third-order valence-electron chi connectivity index (χ3n) is 6.83. The average Bonchev–Trinajstić information content (AvgIpc) is 3.00. The van der Waals surface area contributed by atoms with Crippen LogP contribution < -0.4 is 5.32 Å². The van der Waals surface area contributed by atoms with E-state index in [1.54, 1.807) is 6.07 Å². The number of nitrogens with zero attached hydrogens (tertiary/aromatic N) is 3. The first-order valence-corrected chi connectivity index (χ1v) is 15.6. The third-order valence-corrected chi connectivity index (χ3v) is 7.67. The number of ether oxygens (including phenoxy) is 1. The maximum absolute atomic E-state index is 13.5. The molecule has 1 atom stereocenters. The van der Waals surface area contributed by atoms with Crippen molar-refractivity contribution in [2.24, 2.45) is 0 Å². The fourth-order valence-electron chi connectivity index (χ4n) is 4.58. The summed E-state index contributed by atoms with van der Waals surface area (Å²) in [6.07, 6.45) is 0.307. The highest BCUT2D eigenvalue weighted by Gasteiger charge is 2.35. The van der Waals surface area contributed by atoms with Crippen molar-refractivity contribution in [1.82, 2.24) is 20.1 Å². The number of aromatic nitrogens is 1. The molecule has 1 aliphatic heterocycles. The van der Waals surface area contributed by atoms with Crippen LogP contribution in [0.1, 0.15) is 30.3 Å². The predicted molar refractivity (Wildman–Crippen MR) is 158 cm³/mol. The first kappa shape index (κ1) is 30.9. The Hall–Kier alpha value is -4.05. The minimum atomic E-state index is -4.70. The van der Waals surface area contributed by atoms with Crippen molar-refractivity contribution in [2.45, 2.75) is 25.8 Å². The molecule has 0 radical (unpaired) electrons. The van der Waals surface area contributed by atoms with Gasteiger partial charge in [0.25, 0.3) is 5.91 Å². The number of benzene rings is 2. The van der Waals surface area contributed by atoms with Gasteiger partial charge in [-0.05, 0) is 29.7 Å². The smallest absolute Gasteiger partial charge is 0.409 e. The van der Waals surface area contributed by atoms with Gasteiger partial charge < -0.3 is 29.6 Å². The lowest BCUT2D eigenvalue weighted by atomic mass is 10.0. The highest BCUT2D eigenvalue weighted by atomic mass is 31.2. The Balaban J connectivity index is 1.54. The number of carbonyl (C=O) groups excluding carboxylic acids is 3. The van der Waals surface area contributed by atoms with E-state index in [2.05, 4.69) is 10.3 Å². The van der Waals surface area contributed by atoms with Crippen LogP contribution in [0.2, 0.25) is 0 Å².